The van der Waals surface area contributed by atoms with Gasteiger partial charge in [0.25, 0.3) is 0 Å². The summed E-state index contributed by atoms with van der Waals surface area (Å²) in [6.07, 6.45) is 7.94. The van der Waals surface area contributed by atoms with Gasteiger partial charge in [-0.15, -0.1) is 0 Å². The maximum absolute atomic E-state index is 5.55. The molecule has 2 aromatic rings. The van der Waals surface area contributed by atoms with E-state index in [2.05, 4.69) is 50.6 Å². The van der Waals surface area contributed by atoms with Crippen LogP contribution in [0.1, 0.15) is 51.5 Å². The third-order valence-electron chi connectivity index (χ3n) is 4.56. The van der Waals surface area contributed by atoms with Crippen molar-refractivity contribution in [2.24, 2.45) is 5.92 Å². The van der Waals surface area contributed by atoms with E-state index in [1.54, 1.807) is 0 Å². The molecular formula is C16H21BrN2S. The molecule has 1 heterocycles. The van der Waals surface area contributed by atoms with Gasteiger partial charge in [0.05, 0.1) is 11.0 Å². The van der Waals surface area contributed by atoms with Crippen LogP contribution in [0.3, 0.4) is 0 Å². The zero-order valence-corrected chi connectivity index (χ0v) is 14.3. The van der Waals surface area contributed by atoms with Crippen LogP contribution in [0, 0.1) is 10.7 Å². The first-order chi connectivity index (χ1) is 9.69. The summed E-state index contributed by atoms with van der Waals surface area (Å²) in [6, 6.07) is 6.96. The molecule has 0 bridgehead atoms. The molecule has 2 nitrogen and oxygen atoms in total. The van der Waals surface area contributed by atoms with E-state index in [4.69, 9.17) is 12.2 Å². The molecule has 0 unspecified atom stereocenters. The molecule has 1 saturated carbocycles. The van der Waals surface area contributed by atoms with Gasteiger partial charge in [0.1, 0.15) is 0 Å². The highest BCUT2D eigenvalue weighted by atomic mass is 79.9. The Morgan fingerprint density at radius 3 is 2.75 bits per heavy atom. The van der Waals surface area contributed by atoms with Gasteiger partial charge in [-0.2, -0.15) is 0 Å². The molecular weight excluding hydrogens is 332 g/mol. The van der Waals surface area contributed by atoms with E-state index < -0.39 is 0 Å². The number of aromatic amines is 1. The summed E-state index contributed by atoms with van der Waals surface area (Å²) in [5, 5.41) is 0. The number of hydrogen-bond acceptors (Lipinski definition) is 1. The van der Waals surface area contributed by atoms with Crippen LogP contribution >= 0.6 is 28.1 Å². The minimum atomic E-state index is 0.575. The Balaban J connectivity index is 1.88. The van der Waals surface area contributed by atoms with E-state index in [1.807, 2.05) is 0 Å². The Labute approximate surface area is 133 Å². The number of nitrogens with one attached hydrogen (secondary N) is 1. The van der Waals surface area contributed by atoms with Crippen molar-refractivity contribution in [1.82, 2.24) is 9.55 Å². The Morgan fingerprint density at radius 2 is 2.05 bits per heavy atom. The molecule has 0 aliphatic heterocycles. The van der Waals surface area contributed by atoms with Crippen LogP contribution in [0.25, 0.3) is 11.0 Å². The molecule has 1 fully saturated rings. The number of rotatable bonds is 3. The van der Waals surface area contributed by atoms with Crippen molar-refractivity contribution in [1.29, 1.82) is 0 Å². The predicted molar refractivity (Wildman–Crippen MR) is 90.7 cm³/mol. The highest BCUT2D eigenvalue weighted by Crippen LogP contribution is 2.36. The lowest BCUT2D eigenvalue weighted by Gasteiger charge is -2.29. The zero-order valence-electron chi connectivity index (χ0n) is 11.9. The molecule has 1 aromatic heterocycles. The third-order valence-corrected chi connectivity index (χ3v) is 5.35. The van der Waals surface area contributed by atoms with Crippen LogP contribution in [0.5, 0.6) is 0 Å². The number of benzene rings is 1. The van der Waals surface area contributed by atoms with Gasteiger partial charge < -0.3 is 9.55 Å². The average Bonchev–Trinajstić information content (AvgIpc) is 2.75. The monoisotopic (exact) mass is 352 g/mol. The van der Waals surface area contributed by atoms with Crippen molar-refractivity contribution in [3.8, 4) is 0 Å². The van der Waals surface area contributed by atoms with Crippen LogP contribution in [-0.2, 0) is 0 Å². The molecule has 1 aliphatic rings. The first-order valence-corrected chi connectivity index (χ1v) is 8.79. The Hall–Kier alpha value is -0.610. The summed E-state index contributed by atoms with van der Waals surface area (Å²) in [5.74, 6) is 0.935. The van der Waals surface area contributed by atoms with Crippen LogP contribution in [0.15, 0.2) is 22.7 Å². The molecule has 0 amide bonds. The molecule has 0 saturated heterocycles. The molecule has 4 heteroatoms. The van der Waals surface area contributed by atoms with Gasteiger partial charge in [-0.05, 0) is 62.0 Å². The molecule has 20 heavy (non-hydrogen) atoms. The van der Waals surface area contributed by atoms with E-state index in [-0.39, 0.29) is 0 Å². The van der Waals surface area contributed by atoms with Crippen LogP contribution < -0.4 is 0 Å². The summed E-state index contributed by atoms with van der Waals surface area (Å²) in [7, 11) is 0. The number of halogens is 1. The Bertz CT molecular complexity index is 650. The van der Waals surface area contributed by atoms with Crippen molar-refractivity contribution in [3.05, 3.63) is 27.4 Å². The molecule has 3 rings (SSSR count). The van der Waals surface area contributed by atoms with Crippen LogP contribution in [0.4, 0.5) is 0 Å². The number of aromatic nitrogens is 2. The van der Waals surface area contributed by atoms with Crippen LogP contribution in [-0.4, -0.2) is 9.55 Å². The topological polar surface area (TPSA) is 20.7 Å². The normalized spacial score (nSPS) is 23.3. The maximum Gasteiger partial charge on any atom is 0.178 e. The summed E-state index contributed by atoms with van der Waals surface area (Å²) >= 11 is 9.07. The lowest BCUT2D eigenvalue weighted by Crippen LogP contribution is -2.18. The number of imidazole rings is 1. The van der Waals surface area contributed by atoms with Gasteiger partial charge in [-0.25, -0.2) is 0 Å². The standard InChI is InChI=1S/C16H21BrN2S/c1-2-3-11-4-7-13(8-5-11)19-15-9-6-12(17)10-14(15)18-16(19)20/h6,9-11,13H,2-5,7-8H2,1H3,(H,18,20). The van der Waals surface area contributed by atoms with E-state index in [9.17, 15) is 0 Å². The van der Waals surface area contributed by atoms with Crippen molar-refractivity contribution in [2.75, 3.05) is 0 Å². The second-order valence-electron chi connectivity index (χ2n) is 5.92. The first-order valence-electron chi connectivity index (χ1n) is 7.58. The van der Waals surface area contributed by atoms with Crippen LogP contribution in [0.2, 0.25) is 0 Å². The van der Waals surface area contributed by atoms with Gasteiger partial charge in [0, 0.05) is 10.5 Å². The molecule has 1 N–H and O–H groups in total. The predicted octanol–water partition coefficient (Wildman–Crippen LogP) is 5.99. The number of nitrogens with zero attached hydrogens (tertiary/aromatic N) is 1. The molecule has 1 aliphatic carbocycles. The smallest absolute Gasteiger partial charge is 0.178 e. The van der Waals surface area contributed by atoms with Crippen molar-refractivity contribution >= 4 is 39.2 Å². The quantitative estimate of drug-likeness (QED) is 0.672. The highest BCUT2D eigenvalue weighted by molar-refractivity contribution is 9.10. The van der Waals surface area contributed by atoms with E-state index >= 15 is 0 Å². The van der Waals surface area contributed by atoms with E-state index in [0.29, 0.717) is 6.04 Å². The SMILES string of the molecule is CCCC1CCC(n2c(=S)[nH]c3cc(Br)ccc32)CC1. The fraction of sp³-hybridized carbons (Fsp3) is 0.562. The molecule has 1 aromatic carbocycles. The zero-order chi connectivity index (χ0) is 14.1. The van der Waals surface area contributed by atoms with Gasteiger partial charge in [-0.3, -0.25) is 0 Å². The highest BCUT2D eigenvalue weighted by Gasteiger charge is 2.23. The molecule has 0 radical (unpaired) electrons. The summed E-state index contributed by atoms with van der Waals surface area (Å²) in [4.78, 5) is 3.35. The van der Waals surface area contributed by atoms with Gasteiger partial charge in [-0.1, -0.05) is 35.7 Å². The first kappa shape index (κ1) is 14.3. The lowest BCUT2D eigenvalue weighted by molar-refractivity contribution is 0.264. The fourth-order valence-corrected chi connectivity index (χ4v) is 4.28. The van der Waals surface area contributed by atoms with Crippen molar-refractivity contribution < 1.29 is 0 Å². The second kappa shape index (κ2) is 6.02. The number of H-pyrrole nitrogens is 1. The second-order valence-corrected chi connectivity index (χ2v) is 7.23. The number of hydrogen-bond donors (Lipinski definition) is 1. The minimum Gasteiger partial charge on any atom is -0.331 e. The summed E-state index contributed by atoms with van der Waals surface area (Å²) in [5.41, 5.74) is 2.39. The van der Waals surface area contributed by atoms with Crippen molar-refractivity contribution in [2.45, 2.75) is 51.5 Å². The third kappa shape index (κ3) is 2.73. The minimum absolute atomic E-state index is 0.575. The molecule has 0 atom stereocenters. The number of fused-ring (bicyclic) bond motifs is 1. The fourth-order valence-electron chi connectivity index (χ4n) is 3.57. The van der Waals surface area contributed by atoms with Gasteiger partial charge in [0.15, 0.2) is 4.77 Å². The van der Waals surface area contributed by atoms with E-state index in [1.165, 1.54) is 44.0 Å². The maximum atomic E-state index is 5.55. The molecule has 0 spiro atoms. The summed E-state index contributed by atoms with van der Waals surface area (Å²) < 4.78 is 4.32. The molecule has 108 valence electrons. The average molecular weight is 353 g/mol. The lowest BCUT2D eigenvalue weighted by atomic mass is 9.83. The Morgan fingerprint density at radius 1 is 1.30 bits per heavy atom. The largest absolute Gasteiger partial charge is 0.331 e. The van der Waals surface area contributed by atoms with Gasteiger partial charge in [0.2, 0.25) is 0 Å². The van der Waals surface area contributed by atoms with Crippen molar-refractivity contribution in [3.63, 3.8) is 0 Å². The Kier molecular flexibility index (Phi) is 4.32. The van der Waals surface area contributed by atoms with Gasteiger partial charge >= 0.3 is 0 Å². The van der Waals surface area contributed by atoms with E-state index in [0.717, 1.165) is 20.7 Å². The summed E-state index contributed by atoms with van der Waals surface area (Å²) in [6.45, 7) is 2.29.